The van der Waals surface area contributed by atoms with Gasteiger partial charge in [0.25, 0.3) is 0 Å². The molecule has 1 amide bonds. The van der Waals surface area contributed by atoms with Crippen LogP contribution in [0.5, 0.6) is 0 Å². The number of hydrogen-bond acceptors (Lipinski definition) is 6. The zero-order valence-electron chi connectivity index (χ0n) is 9.54. The summed E-state index contributed by atoms with van der Waals surface area (Å²) < 4.78 is 4.44. The van der Waals surface area contributed by atoms with Crippen LogP contribution in [0.2, 0.25) is 0 Å². The van der Waals surface area contributed by atoms with Gasteiger partial charge >= 0.3 is 18.0 Å². The van der Waals surface area contributed by atoms with Crippen molar-refractivity contribution in [2.45, 2.75) is 32.4 Å². The second-order valence-electron chi connectivity index (χ2n) is 3.42. The van der Waals surface area contributed by atoms with Crippen LogP contribution in [0.25, 0.3) is 0 Å². The largest absolute Gasteiger partial charge is 0.480 e. The van der Waals surface area contributed by atoms with E-state index in [1.165, 1.54) is 0 Å². The monoisotopic (exact) mass is 280 g/mol. The molecule has 1 fully saturated rings. The molecule has 19 heavy (non-hydrogen) atoms. The predicted octanol–water partition coefficient (Wildman–Crippen LogP) is -1.01. The number of hydrogen-bond donors (Lipinski definition) is 5. The Morgan fingerprint density at radius 1 is 1.47 bits per heavy atom. The molecular formula is C10H20N2O7. The topological polar surface area (TPSA) is 159 Å². The Kier molecular flexibility index (Phi) is 10.3. The highest BCUT2D eigenvalue weighted by Crippen LogP contribution is 2.00. The van der Waals surface area contributed by atoms with E-state index in [4.69, 9.17) is 21.1 Å². The summed E-state index contributed by atoms with van der Waals surface area (Å²) >= 11 is 0. The number of nitrogens with one attached hydrogen (secondary N) is 1. The summed E-state index contributed by atoms with van der Waals surface area (Å²) in [6, 6.07) is -1.69. The summed E-state index contributed by atoms with van der Waals surface area (Å²) in [5.74, 6) is -2.09. The highest BCUT2D eigenvalue weighted by Gasteiger charge is 2.24. The van der Waals surface area contributed by atoms with Gasteiger partial charge in [0.05, 0.1) is 6.61 Å². The summed E-state index contributed by atoms with van der Waals surface area (Å²) in [6.45, 7) is 0.0102. The molecule has 112 valence electrons. The van der Waals surface area contributed by atoms with Gasteiger partial charge in [-0.3, -0.25) is 4.79 Å². The third-order valence-electron chi connectivity index (χ3n) is 1.99. The fraction of sp³-hybridized carbons (Fsp3) is 0.700. The van der Waals surface area contributed by atoms with Crippen LogP contribution in [-0.2, 0) is 14.3 Å². The lowest BCUT2D eigenvalue weighted by Crippen LogP contribution is -2.45. The normalized spacial score (nSPS) is 18.6. The number of alkyl carbamates (subject to hydrolysis) is 1. The van der Waals surface area contributed by atoms with Crippen LogP contribution >= 0.6 is 0 Å². The molecule has 9 nitrogen and oxygen atoms in total. The fourth-order valence-corrected chi connectivity index (χ4v) is 0.973. The fourth-order valence-electron chi connectivity index (χ4n) is 0.973. The maximum absolute atomic E-state index is 10.4. The van der Waals surface area contributed by atoms with E-state index in [1.54, 1.807) is 0 Å². The molecule has 0 radical (unpaired) electrons. The maximum Gasteiger partial charge on any atom is 0.407 e. The molecule has 0 spiro atoms. The Morgan fingerprint density at radius 2 is 2.05 bits per heavy atom. The van der Waals surface area contributed by atoms with Crippen molar-refractivity contribution in [3.8, 4) is 0 Å². The molecule has 1 saturated heterocycles. The minimum Gasteiger partial charge on any atom is -0.480 e. The number of rotatable bonds is 4. The van der Waals surface area contributed by atoms with Gasteiger partial charge in [0.15, 0.2) is 0 Å². The summed E-state index contributed by atoms with van der Waals surface area (Å²) in [7, 11) is 0. The summed E-state index contributed by atoms with van der Waals surface area (Å²) in [5.41, 5.74) is 4.97. The standard InChI is InChI=1S/C5H7NO4.C4H9NO3.CH4/c7-4(8)3-1-2-10-5(9)6-3;5-3(1-2-6)4(7)8;/h3H,1-2H2,(H,6,9)(H,7,8);3,6H,1-2,5H2,(H,7,8);1H4/t2*3-;/m00./s1. The molecule has 9 heteroatoms. The van der Waals surface area contributed by atoms with Gasteiger partial charge in [0.1, 0.15) is 12.1 Å². The Balaban J connectivity index is 0. The van der Waals surface area contributed by atoms with Gasteiger partial charge in [-0.1, -0.05) is 7.43 Å². The van der Waals surface area contributed by atoms with E-state index in [2.05, 4.69) is 10.1 Å². The predicted molar refractivity (Wildman–Crippen MR) is 64.6 cm³/mol. The molecular weight excluding hydrogens is 260 g/mol. The van der Waals surface area contributed by atoms with Crippen molar-refractivity contribution in [3.63, 3.8) is 0 Å². The number of ether oxygens (including phenoxy) is 1. The van der Waals surface area contributed by atoms with E-state index in [0.29, 0.717) is 6.42 Å². The third-order valence-corrected chi connectivity index (χ3v) is 1.99. The number of nitrogens with two attached hydrogens (primary N) is 1. The lowest BCUT2D eigenvalue weighted by molar-refractivity contribution is -0.140. The van der Waals surface area contributed by atoms with E-state index in [0.717, 1.165) is 0 Å². The minimum atomic E-state index is -1.07. The van der Waals surface area contributed by atoms with Gasteiger partial charge in [0.2, 0.25) is 0 Å². The molecule has 0 saturated carbocycles. The highest BCUT2D eigenvalue weighted by atomic mass is 16.6. The molecule has 1 rings (SSSR count). The molecule has 0 bridgehead atoms. The molecule has 0 aromatic carbocycles. The minimum absolute atomic E-state index is 0. The lowest BCUT2D eigenvalue weighted by atomic mass is 10.2. The molecule has 1 aliphatic heterocycles. The van der Waals surface area contributed by atoms with Crippen molar-refractivity contribution in [3.05, 3.63) is 0 Å². The average molecular weight is 280 g/mol. The summed E-state index contributed by atoms with van der Waals surface area (Å²) in [4.78, 5) is 30.5. The molecule has 1 heterocycles. The number of carbonyl (C=O) groups is 3. The van der Waals surface area contributed by atoms with E-state index < -0.39 is 30.1 Å². The SMILES string of the molecule is C.N[C@@H](CCO)C(=O)O.O=C1N[C@H](C(=O)O)CCO1. The second kappa shape index (κ2) is 10.1. The number of carbonyl (C=O) groups excluding carboxylic acids is 1. The van der Waals surface area contributed by atoms with Crippen LogP contribution < -0.4 is 11.1 Å². The summed E-state index contributed by atoms with van der Waals surface area (Å²) in [6.07, 6.45) is -0.199. The number of aliphatic carboxylic acids is 2. The van der Waals surface area contributed by atoms with Crippen molar-refractivity contribution in [1.29, 1.82) is 0 Å². The number of amides is 1. The lowest BCUT2D eigenvalue weighted by Gasteiger charge is -2.19. The van der Waals surface area contributed by atoms with E-state index in [9.17, 15) is 14.4 Å². The second-order valence-corrected chi connectivity index (χ2v) is 3.42. The molecule has 6 N–H and O–H groups in total. The number of cyclic esters (lactones) is 1. The molecule has 0 aromatic rings. The first-order valence-corrected chi connectivity index (χ1v) is 5.13. The van der Waals surface area contributed by atoms with Crippen LogP contribution in [0.15, 0.2) is 0 Å². The number of aliphatic hydroxyl groups is 1. The van der Waals surface area contributed by atoms with Gasteiger partial charge in [-0.15, -0.1) is 0 Å². The smallest absolute Gasteiger partial charge is 0.407 e. The van der Waals surface area contributed by atoms with Crippen molar-refractivity contribution >= 4 is 18.0 Å². The first-order chi connectivity index (χ1) is 8.38. The van der Waals surface area contributed by atoms with E-state index in [-0.39, 0.29) is 27.1 Å². The molecule has 0 unspecified atom stereocenters. The van der Waals surface area contributed by atoms with Gasteiger partial charge in [-0.05, 0) is 6.42 Å². The van der Waals surface area contributed by atoms with Crippen molar-refractivity contribution < 1.29 is 34.4 Å². The van der Waals surface area contributed by atoms with Crippen LogP contribution in [-0.4, -0.2) is 58.6 Å². The van der Waals surface area contributed by atoms with Crippen LogP contribution in [0.3, 0.4) is 0 Å². The van der Waals surface area contributed by atoms with Crippen LogP contribution in [0.1, 0.15) is 20.3 Å². The average Bonchev–Trinajstić information content (AvgIpc) is 2.30. The highest BCUT2D eigenvalue weighted by molar-refractivity contribution is 5.80. The number of carboxylic acids is 2. The van der Waals surface area contributed by atoms with Gasteiger partial charge in [0, 0.05) is 13.0 Å². The first-order valence-electron chi connectivity index (χ1n) is 5.13. The van der Waals surface area contributed by atoms with Crippen LogP contribution in [0.4, 0.5) is 4.79 Å². The molecule has 2 atom stereocenters. The van der Waals surface area contributed by atoms with Crippen molar-refractivity contribution in [1.82, 2.24) is 5.32 Å². The number of aliphatic hydroxyl groups excluding tert-OH is 1. The third kappa shape index (κ3) is 8.80. The summed E-state index contributed by atoms with van der Waals surface area (Å²) in [5, 5.41) is 26.8. The van der Waals surface area contributed by atoms with E-state index in [1.807, 2.05) is 0 Å². The Labute approximate surface area is 110 Å². The van der Waals surface area contributed by atoms with Crippen molar-refractivity contribution in [2.24, 2.45) is 5.73 Å². The zero-order valence-corrected chi connectivity index (χ0v) is 9.54. The number of carboxylic acid groups (broad SMARTS) is 2. The van der Waals surface area contributed by atoms with Crippen molar-refractivity contribution in [2.75, 3.05) is 13.2 Å². The Hall–Kier alpha value is -1.87. The molecule has 1 aliphatic rings. The quantitative estimate of drug-likeness (QED) is 0.437. The van der Waals surface area contributed by atoms with Gasteiger partial charge in [-0.25, -0.2) is 9.59 Å². The first kappa shape index (κ1) is 19.5. The molecule has 0 aliphatic carbocycles. The maximum atomic E-state index is 10.4. The Bertz CT molecular complexity index is 306. The Morgan fingerprint density at radius 3 is 2.32 bits per heavy atom. The van der Waals surface area contributed by atoms with Gasteiger partial charge < -0.3 is 31.1 Å². The zero-order chi connectivity index (χ0) is 14.1. The molecule has 0 aromatic heterocycles. The van der Waals surface area contributed by atoms with Crippen LogP contribution in [0, 0.1) is 0 Å². The van der Waals surface area contributed by atoms with E-state index >= 15 is 0 Å². The van der Waals surface area contributed by atoms with Gasteiger partial charge in [-0.2, -0.15) is 0 Å².